The maximum Gasteiger partial charge on any atom is 0.339 e. The molecular formula is C21H24ClN3O2S. The fraction of sp³-hybridized carbons (Fsp3) is 0.333. The maximum atomic E-state index is 11.6. The lowest BCUT2D eigenvalue weighted by atomic mass is 10.1. The molecule has 3 rings (SSSR count). The highest BCUT2D eigenvalue weighted by atomic mass is 35.5. The summed E-state index contributed by atoms with van der Waals surface area (Å²) in [4.78, 5) is 16.2. The zero-order valence-corrected chi connectivity index (χ0v) is 17.9. The van der Waals surface area contributed by atoms with Crippen LogP contribution in [0.4, 0.5) is 11.4 Å². The van der Waals surface area contributed by atoms with Crippen LogP contribution in [-0.2, 0) is 4.74 Å². The standard InChI is InChI=1S/C21H24ClN3O2S/c1-14-4-7-19(15(2)12-14)24-8-10-25(11-9-24)21(28)23-16-5-6-17(18(22)13-16)20(26)27-3/h4-7,12-13H,8-11H2,1-3H3,(H,23,28). The van der Waals surface area contributed by atoms with Crippen molar-refractivity contribution in [3.05, 3.63) is 58.1 Å². The molecule has 1 aliphatic rings. The van der Waals surface area contributed by atoms with Crippen LogP contribution in [0.1, 0.15) is 21.5 Å². The highest BCUT2D eigenvalue weighted by Crippen LogP contribution is 2.24. The first-order chi connectivity index (χ1) is 13.4. The molecule has 0 bridgehead atoms. The third kappa shape index (κ3) is 4.56. The Kier molecular flexibility index (Phi) is 6.42. The molecule has 0 aliphatic carbocycles. The number of carbonyl (C=O) groups is 1. The molecule has 7 heteroatoms. The number of hydrogen-bond acceptors (Lipinski definition) is 4. The number of anilines is 2. The van der Waals surface area contributed by atoms with Crippen LogP contribution >= 0.6 is 23.8 Å². The van der Waals surface area contributed by atoms with Crippen molar-refractivity contribution in [1.29, 1.82) is 0 Å². The molecule has 0 aromatic heterocycles. The van der Waals surface area contributed by atoms with Crippen molar-refractivity contribution in [1.82, 2.24) is 4.90 Å². The van der Waals surface area contributed by atoms with E-state index in [-0.39, 0.29) is 0 Å². The molecule has 0 unspecified atom stereocenters. The molecule has 0 saturated carbocycles. The second-order valence-electron chi connectivity index (χ2n) is 6.88. The van der Waals surface area contributed by atoms with E-state index in [1.165, 1.54) is 23.9 Å². The van der Waals surface area contributed by atoms with Gasteiger partial charge in [0.05, 0.1) is 17.7 Å². The number of aryl methyl sites for hydroxylation is 2. The Balaban J connectivity index is 1.59. The summed E-state index contributed by atoms with van der Waals surface area (Å²) >= 11 is 11.7. The number of nitrogens with one attached hydrogen (secondary N) is 1. The Bertz CT molecular complexity index is 895. The molecule has 1 heterocycles. The Morgan fingerprint density at radius 2 is 1.82 bits per heavy atom. The van der Waals surface area contributed by atoms with E-state index in [1.807, 2.05) is 0 Å². The van der Waals surface area contributed by atoms with Crippen LogP contribution in [0.25, 0.3) is 0 Å². The smallest absolute Gasteiger partial charge is 0.339 e. The fourth-order valence-electron chi connectivity index (χ4n) is 3.38. The second kappa shape index (κ2) is 8.80. The van der Waals surface area contributed by atoms with Gasteiger partial charge in [-0.1, -0.05) is 29.3 Å². The third-order valence-electron chi connectivity index (χ3n) is 4.89. The highest BCUT2D eigenvalue weighted by molar-refractivity contribution is 7.80. The summed E-state index contributed by atoms with van der Waals surface area (Å²) in [6.45, 7) is 7.77. The Morgan fingerprint density at radius 3 is 2.43 bits per heavy atom. The zero-order chi connectivity index (χ0) is 20.3. The molecule has 28 heavy (non-hydrogen) atoms. The van der Waals surface area contributed by atoms with Crippen LogP contribution in [0.15, 0.2) is 36.4 Å². The fourth-order valence-corrected chi connectivity index (χ4v) is 3.94. The van der Waals surface area contributed by atoms with Crippen molar-refractivity contribution < 1.29 is 9.53 Å². The van der Waals surface area contributed by atoms with E-state index in [2.05, 4.69) is 47.2 Å². The summed E-state index contributed by atoms with van der Waals surface area (Å²) in [5.41, 5.74) is 4.95. The lowest BCUT2D eigenvalue weighted by Crippen LogP contribution is -2.50. The van der Waals surface area contributed by atoms with E-state index in [9.17, 15) is 4.79 Å². The van der Waals surface area contributed by atoms with Gasteiger partial charge >= 0.3 is 5.97 Å². The van der Waals surface area contributed by atoms with Gasteiger partial charge in [0.2, 0.25) is 0 Å². The molecule has 2 aromatic carbocycles. The van der Waals surface area contributed by atoms with Crippen LogP contribution in [0.5, 0.6) is 0 Å². The van der Waals surface area contributed by atoms with Crippen molar-refractivity contribution in [3.8, 4) is 0 Å². The SMILES string of the molecule is COC(=O)c1ccc(NC(=S)N2CCN(c3ccc(C)cc3C)CC2)cc1Cl. The summed E-state index contributed by atoms with van der Waals surface area (Å²) in [7, 11) is 1.33. The molecule has 1 fully saturated rings. The predicted octanol–water partition coefficient (Wildman–Crippen LogP) is 4.26. The topological polar surface area (TPSA) is 44.8 Å². The average Bonchev–Trinajstić information content (AvgIpc) is 2.68. The normalized spacial score (nSPS) is 14.0. The van der Waals surface area contributed by atoms with Crippen LogP contribution < -0.4 is 10.2 Å². The Morgan fingerprint density at radius 1 is 1.11 bits per heavy atom. The van der Waals surface area contributed by atoms with E-state index in [0.29, 0.717) is 15.7 Å². The molecule has 1 N–H and O–H groups in total. The van der Waals surface area contributed by atoms with Gasteiger partial charge in [-0.2, -0.15) is 0 Å². The van der Waals surface area contributed by atoms with Crippen molar-refractivity contribution in [2.45, 2.75) is 13.8 Å². The van der Waals surface area contributed by atoms with Crippen molar-refractivity contribution >= 4 is 46.3 Å². The molecule has 0 spiro atoms. The van der Waals surface area contributed by atoms with E-state index in [1.54, 1.807) is 18.2 Å². The van der Waals surface area contributed by atoms with Gasteiger partial charge in [-0.05, 0) is 55.9 Å². The minimum Gasteiger partial charge on any atom is -0.465 e. The van der Waals surface area contributed by atoms with Crippen LogP contribution in [0.2, 0.25) is 5.02 Å². The van der Waals surface area contributed by atoms with Gasteiger partial charge in [0.25, 0.3) is 0 Å². The molecule has 2 aromatic rings. The number of nitrogens with zero attached hydrogens (tertiary/aromatic N) is 2. The monoisotopic (exact) mass is 417 g/mol. The van der Waals surface area contributed by atoms with Gasteiger partial charge in [0, 0.05) is 37.6 Å². The van der Waals surface area contributed by atoms with E-state index >= 15 is 0 Å². The molecule has 0 radical (unpaired) electrons. The molecular weight excluding hydrogens is 394 g/mol. The van der Waals surface area contributed by atoms with Gasteiger partial charge in [-0.3, -0.25) is 0 Å². The first-order valence-electron chi connectivity index (χ1n) is 9.15. The number of thiocarbonyl (C=S) groups is 1. The number of carbonyl (C=O) groups excluding carboxylic acids is 1. The van der Waals surface area contributed by atoms with Gasteiger partial charge in [0.1, 0.15) is 0 Å². The van der Waals surface area contributed by atoms with E-state index in [4.69, 9.17) is 28.6 Å². The molecule has 1 saturated heterocycles. The maximum absolute atomic E-state index is 11.6. The zero-order valence-electron chi connectivity index (χ0n) is 16.3. The molecule has 0 atom stereocenters. The van der Waals surface area contributed by atoms with Gasteiger partial charge in [-0.15, -0.1) is 0 Å². The van der Waals surface area contributed by atoms with Gasteiger partial charge < -0.3 is 19.9 Å². The van der Waals surface area contributed by atoms with Gasteiger partial charge in [-0.25, -0.2) is 4.79 Å². The van der Waals surface area contributed by atoms with Crippen LogP contribution in [0, 0.1) is 13.8 Å². The predicted molar refractivity (Wildman–Crippen MR) is 119 cm³/mol. The van der Waals surface area contributed by atoms with Crippen molar-refractivity contribution in [2.24, 2.45) is 0 Å². The van der Waals surface area contributed by atoms with Crippen LogP contribution in [0.3, 0.4) is 0 Å². The second-order valence-corrected chi connectivity index (χ2v) is 7.67. The third-order valence-corrected chi connectivity index (χ3v) is 5.56. The van der Waals surface area contributed by atoms with Crippen molar-refractivity contribution in [2.75, 3.05) is 43.5 Å². The lowest BCUT2D eigenvalue weighted by molar-refractivity contribution is 0.0601. The van der Waals surface area contributed by atoms with E-state index in [0.717, 1.165) is 31.9 Å². The summed E-state index contributed by atoms with van der Waals surface area (Å²) in [6, 6.07) is 11.7. The molecule has 1 aliphatic heterocycles. The number of hydrogen-bond donors (Lipinski definition) is 1. The number of ether oxygens (including phenoxy) is 1. The summed E-state index contributed by atoms with van der Waals surface area (Å²) < 4.78 is 4.71. The molecule has 148 valence electrons. The number of rotatable bonds is 3. The first kappa shape index (κ1) is 20.4. The molecule has 5 nitrogen and oxygen atoms in total. The number of esters is 1. The number of piperazine rings is 1. The number of benzene rings is 2. The number of methoxy groups -OCH3 is 1. The van der Waals surface area contributed by atoms with E-state index < -0.39 is 5.97 Å². The summed E-state index contributed by atoms with van der Waals surface area (Å²) in [5.74, 6) is -0.457. The van der Waals surface area contributed by atoms with Gasteiger partial charge in [0.15, 0.2) is 5.11 Å². The average molecular weight is 418 g/mol. The highest BCUT2D eigenvalue weighted by Gasteiger charge is 2.20. The largest absolute Gasteiger partial charge is 0.465 e. The molecule has 0 amide bonds. The minimum atomic E-state index is -0.457. The Labute approximate surface area is 176 Å². The van der Waals surface area contributed by atoms with Crippen molar-refractivity contribution in [3.63, 3.8) is 0 Å². The summed E-state index contributed by atoms with van der Waals surface area (Å²) in [5, 5.41) is 4.20. The quantitative estimate of drug-likeness (QED) is 0.594. The summed E-state index contributed by atoms with van der Waals surface area (Å²) in [6.07, 6.45) is 0. The lowest BCUT2D eigenvalue weighted by Gasteiger charge is -2.38. The Hall–Kier alpha value is -2.31. The number of halogens is 1. The van der Waals surface area contributed by atoms with Crippen LogP contribution in [-0.4, -0.2) is 49.3 Å². The first-order valence-corrected chi connectivity index (χ1v) is 9.93. The minimum absolute atomic E-state index is 0.333.